The van der Waals surface area contributed by atoms with E-state index in [9.17, 15) is 13.2 Å². The molecule has 0 amide bonds. The average Bonchev–Trinajstić information content (AvgIpc) is 2.32. The minimum atomic E-state index is -3.50. The third kappa shape index (κ3) is 4.50. The molecule has 1 aromatic rings. The summed E-state index contributed by atoms with van der Waals surface area (Å²) in [5.74, 6) is -1.15. The van der Waals surface area contributed by atoms with Crippen molar-refractivity contribution in [3.05, 3.63) is 28.8 Å². The van der Waals surface area contributed by atoms with Gasteiger partial charge in [0.25, 0.3) is 0 Å². The number of sulfonamides is 1. The number of nitrogens with one attached hydrogen (secondary N) is 1. The lowest BCUT2D eigenvalue weighted by molar-refractivity contribution is 0.0696. The van der Waals surface area contributed by atoms with Crippen LogP contribution in [-0.2, 0) is 14.8 Å². The van der Waals surface area contributed by atoms with E-state index < -0.39 is 16.0 Å². The fraction of sp³-hybridized carbons (Fsp3) is 0.462. The zero-order valence-corrected chi connectivity index (χ0v) is 12.6. The number of rotatable bonds is 7. The number of aryl methyl sites for hydroxylation is 1. The van der Waals surface area contributed by atoms with Crippen molar-refractivity contribution < 1.29 is 23.1 Å². The number of benzene rings is 1. The summed E-state index contributed by atoms with van der Waals surface area (Å²) < 4.78 is 30.9. The van der Waals surface area contributed by atoms with Crippen LogP contribution in [-0.4, -0.2) is 39.0 Å². The van der Waals surface area contributed by atoms with Crippen LogP contribution in [0, 0.1) is 13.8 Å². The molecule has 0 aromatic heterocycles. The first kappa shape index (κ1) is 16.5. The molecule has 0 radical (unpaired) electrons. The molecule has 0 unspecified atom stereocenters. The van der Waals surface area contributed by atoms with Crippen LogP contribution in [0.2, 0.25) is 0 Å². The molecule has 6 nitrogen and oxygen atoms in total. The standard InChI is InChI=1S/C13H19NO5S/c1-9-7-11(8-12(10(9)2)13(15)16)14-20(17,18)6-4-5-19-3/h7-8,14H,4-6H2,1-3H3,(H,15,16). The minimum absolute atomic E-state index is 0.0732. The fourth-order valence-electron chi connectivity index (χ4n) is 1.76. The van der Waals surface area contributed by atoms with Crippen LogP contribution in [0.4, 0.5) is 5.69 Å². The number of methoxy groups -OCH3 is 1. The van der Waals surface area contributed by atoms with E-state index >= 15 is 0 Å². The molecule has 2 N–H and O–H groups in total. The number of ether oxygens (including phenoxy) is 1. The predicted octanol–water partition coefficient (Wildman–Crippen LogP) is 1.78. The van der Waals surface area contributed by atoms with E-state index in [4.69, 9.17) is 9.84 Å². The van der Waals surface area contributed by atoms with E-state index in [0.29, 0.717) is 18.6 Å². The van der Waals surface area contributed by atoms with Gasteiger partial charge in [-0.2, -0.15) is 0 Å². The summed E-state index contributed by atoms with van der Waals surface area (Å²) in [6.07, 6.45) is 0.377. The van der Waals surface area contributed by atoms with E-state index in [1.807, 2.05) is 0 Å². The monoisotopic (exact) mass is 301 g/mol. The van der Waals surface area contributed by atoms with Gasteiger partial charge in [0.1, 0.15) is 0 Å². The largest absolute Gasteiger partial charge is 0.478 e. The number of carbonyl (C=O) groups is 1. The maximum Gasteiger partial charge on any atom is 0.336 e. The van der Waals surface area contributed by atoms with E-state index in [1.54, 1.807) is 19.9 Å². The van der Waals surface area contributed by atoms with Gasteiger partial charge in [0.05, 0.1) is 11.3 Å². The van der Waals surface area contributed by atoms with Gasteiger partial charge in [0, 0.05) is 19.4 Å². The van der Waals surface area contributed by atoms with Gasteiger partial charge in [-0.25, -0.2) is 13.2 Å². The van der Waals surface area contributed by atoms with Crippen molar-refractivity contribution in [3.63, 3.8) is 0 Å². The van der Waals surface area contributed by atoms with Gasteiger partial charge >= 0.3 is 5.97 Å². The second-order valence-corrected chi connectivity index (χ2v) is 6.38. The van der Waals surface area contributed by atoms with Crippen molar-refractivity contribution >= 4 is 21.7 Å². The Hall–Kier alpha value is -1.60. The molecule has 20 heavy (non-hydrogen) atoms. The molecule has 0 aliphatic heterocycles. The SMILES string of the molecule is COCCCS(=O)(=O)Nc1cc(C)c(C)c(C(=O)O)c1. The summed E-state index contributed by atoms with van der Waals surface area (Å²) in [5, 5.41) is 9.09. The number of hydrogen-bond donors (Lipinski definition) is 2. The summed E-state index contributed by atoms with van der Waals surface area (Å²) in [4.78, 5) is 11.1. The molecule has 1 rings (SSSR count). The Morgan fingerprint density at radius 3 is 2.55 bits per heavy atom. The maximum atomic E-state index is 11.8. The third-order valence-corrected chi connectivity index (χ3v) is 4.31. The van der Waals surface area contributed by atoms with Crippen molar-refractivity contribution in [1.82, 2.24) is 0 Å². The highest BCUT2D eigenvalue weighted by Crippen LogP contribution is 2.21. The number of hydrogen-bond acceptors (Lipinski definition) is 4. The van der Waals surface area contributed by atoms with Crippen molar-refractivity contribution in [2.75, 3.05) is 24.2 Å². The number of carboxylic acids is 1. The highest BCUT2D eigenvalue weighted by Gasteiger charge is 2.15. The highest BCUT2D eigenvalue weighted by atomic mass is 32.2. The highest BCUT2D eigenvalue weighted by molar-refractivity contribution is 7.92. The second kappa shape index (κ2) is 6.71. The lowest BCUT2D eigenvalue weighted by Gasteiger charge is -2.12. The first-order chi connectivity index (χ1) is 9.26. The van der Waals surface area contributed by atoms with Crippen LogP contribution in [0.1, 0.15) is 27.9 Å². The first-order valence-corrected chi connectivity index (χ1v) is 7.76. The van der Waals surface area contributed by atoms with E-state index in [1.165, 1.54) is 13.2 Å². The molecule has 112 valence electrons. The summed E-state index contributed by atoms with van der Waals surface area (Å²) in [7, 11) is -2.00. The predicted molar refractivity (Wildman–Crippen MR) is 76.8 cm³/mol. The minimum Gasteiger partial charge on any atom is -0.478 e. The van der Waals surface area contributed by atoms with Gasteiger partial charge in [0.15, 0.2) is 0 Å². The molecule has 0 saturated carbocycles. The van der Waals surface area contributed by atoms with Gasteiger partial charge < -0.3 is 9.84 Å². The molecule has 1 aromatic carbocycles. The van der Waals surface area contributed by atoms with Crippen molar-refractivity contribution in [1.29, 1.82) is 0 Å². The van der Waals surface area contributed by atoms with Crippen LogP contribution in [0.3, 0.4) is 0 Å². The van der Waals surface area contributed by atoms with Crippen LogP contribution < -0.4 is 4.72 Å². The number of aromatic carboxylic acids is 1. The van der Waals surface area contributed by atoms with Crippen molar-refractivity contribution in [3.8, 4) is 0 Å². The molecular weight excluding hydrogens is 282 g/mol. The quantitative estimate of drug-likeness (QED) is 0.749. The second-order valence-electron chi connectivity index (χ2n) is 4.54. The summed E-state index contributed by atoms with van der Waals surface area (Å²) in [6, 6.07) is 2.95. The Bertz CT molecular complexity index is 595. The van der Waals surface area contributed by atoms with Crippen molar-refractivity contribution in [2.45, 2.75) is 20.3 Å². The molecule has 0 heterocycles. The molecule has 0 spiro atoms. The normalized spacial score (nSPS) is 11.3. The summed E-state index contributed by atoms with van der Waals surface area (Å²) in [6.45, 7) is 3.79. The topological polar surface area (TPSA) is 92.7 Å². The Morgan fingerprint density at radius 2 is 2.00 bits per heavy atom. The van der Waals surface area contributed by atoms with Crippen molar-refractivity contribution in [2.24, 2.45) is 0 Å². The lowest BCUT2D eigenvalue weighted by Crippen LogP contribution is -2.18. The van der Waals surface area contributed by atoms with Crippen LogP contribution >= 0.6 is 0 Å². The van der Waals surface area contributed by atoms with Crippen LogP contribution in [0.5, 0.6) is 0 Å². The number of carboxylic acid groups (broad SMARTS) is 1. The van der Waals surface area contributed by atoms with Gasteiger partial charge in [-0.1, -0.05) is 0 Å². The average molecular weight is 301 g/mol. The molecule has 0 fully saturated rings. The molecule has 0 saturated heterocycles. The lowest BCUT2D eigenvalue weighted by atomic mass is 10.0. The van der Waals surface area contributed by atoms with E-state index in [2.05, 4.69) is 4.72 Å². The molecule has 0 bridgehead atoms. The smallest absolute Gasteiger partial charge is 0.336 e. The van der Waals surface area contributed by atoms with E-state index in [0.717, 1.165) is 5.56 Å². The molecule has 0 aliphatic carbocycles. The molecular formula is C13H19NO5S. The molecule has 7 heteroatoms. The zero-order chi connectivity index (χ0) is 15.3. The van der Waals surface area contributed by atoms with Crippen LogP contribution in [0.25, 0.3) is 0 Å². The summed E-state index contributed by atoms with van der Waals surface area (Å²) in [5.41, 5.74) is 1.71. The van der Waals surface area contributed by atoms with Gasteiger partial charge in [0.2, 0.25) is 10.0 Å². The Balaban J connectivity index is 2.95. The summed E-state index contributed by atoms with van der Waals surface area (Å²) >= 11 is 0. The fourth-order valence-corrected chi connectivity index (χ4v) is 2.84. The molecule has 0 atom stereocenters. The van der Waals surface area contributed by atoms with E-state index in [-0.39, 0.29) is 17.0 Å². The Labute approximate surface area is 118 Å². The third-order valence-electron chi connectivity index (χ3n) is 2.93. The zero-order valence-electron chi connectivity index (χ0n) is 11.8. The first-order valence-electron chi connectivity index (χ1n) is 6.11. The van der Waals surface area contributed by atoms with Gasteiger partial charge in [-0.05, 0) is 43.5 Å². The molecule has 0 aliphatic rings. The van der Waals surface area contributed by atoms with Gasteiger partial charge in [-0.3, -0.25) is 4.72 Å². The Morgan fingerprint density at radius 1 is 1.35 bits per heavy atom. The maximum absolute atomic E-state index is 11.8. The van der Waals surface area contributed by atoms with Crippen LogP contribution in [0.15, 0.2) is 12.1 Å². The Kier molecular flexibility index (Phi) is 5.52. The number of anilines is 1. The van der Waals surface area contributed by atoms with Gasteiger partial charge in [-0.15, -0.1) is 0 Å².